The molecular formula is C16H12FN3O3. The van der Waals surface area contributed by atoms with Crippen LogP contribution < -0.4 is 10.1 Å². The SMILES string of the molecule is COc1cc(F)cc(Nc2ccc([N+](=O)[O-])c3cccnc23)c1. The molecule has 0 fully saturated rings. The minimum absolute atomic E-state index is 0.0320. The van der Waals surface area contributed by atoms with E-state index in [-0.39, 0.29) is 5.69 Å². The fourth-order valence-corrected chi connectivity index (χ4v) is 2.33. The Balaban J connectivity index is 2.09. The summed E-state index contributed by atoms with van der Waals surface area (Å²) in [6.07, 6.45) is 1.55. The molecule has 6 nitrogen and oxygen atoms in total. The highest BCUT2D eigenvalue weighted by molar-refractivity contribution is 5.97. The fourth-order valence-electron chi connectivity index (χ4n) is 2.33. The predicted octanol–water partition coefficient (Wildman–Crippen LogP) is 4.03. The van der Waals surface area contributed by atoms with E-state index in [1.807, 2.05) is 0 Å². The van der Waals surface area contributed by atoms with Crippen molar-refractivity contribution in [1.29, 1.82) is 0 Å². The fraction of sp³-hybridized carbons (Fsp3) is 0.0625. The van der Waals surface area contributed by atoms with Crippen molar-refractivity contribution in [2.24, 2.45) is 0 Å². The monoisotopic (exact) mass is 313 g/mol. The Kier molecular flexibility index (Phi) is 3.76. The zero-order valence-corrected chi connectivity index (χ0v) is 12.1. The van der Waals surface area contributed by atoms with E-state index in [0.717, 1.165) is 0 Å². The Bertz CT molecular complexity index is 899. The second-order valence-corrected chi connectivity index (χ2v) is 4.79. The number of benzene rings is 2. The third-order valence-corrected chi connectivity index (χ3v) is 3.33. The maximum Gasteiger partial charge on any atom is 0.278 e. The molecule has 0 aliphatic carbocycles. The van der Waals surface area contributed by atoms with Gasteiger partial charge in [-0.15, -0.1) is 0 Å². The Morgan fingerprint density at radius 1 is 1.26 bits per heavy atom. The molecule has 1 N–H and O–H groups in total. The van der Waals surface area contributed by atoms with Crippen LogP contribution in [0.1, 0.15) is 0 Å². The number of nitrogens with one attached hydrogen (secondary N) is 1. The summed E-state index contributed by atoms with van der Waals surface area (Å²) in [4.78, 5) is 14.8. The smallest absolute Gasteiger partial charge is 0.278 e. The lowest BCUT2D eigenvalue weighted by atomic mass is 10.1. The number of rotatable bonds is 4. The molecule has 0 aliphatic heterocycles. The first-order valence-electron chi connectivity index (χ1n) is 6.72. The maximum absolute atomic E-state index is 13.6. The molecule has 1 aromatic heterocycles. The molecule has 2 aromatic carbocycles. The number of fused-ring (bicyclic) bond motifs is 1. The number of nitro groups is 1. The predicted molar refractivity (Wildman–Crippen MR) is 84.6 cm³/mol. The molecule has 3 aromatic rings. The zero-order valence-electron chi connectivity index (χ0n) is 12.1. The number of methoxy groups -OCH3 is 1. The van der Waals surface area contributed by atoms with Gasteiger partial charge in [0.05, 0.1) is 23.1 Å². The van der Waals surface area contributed by atoms with Crippen LogP contribution in [0, 0.1) is 15.9 Å². The average Bonchev–Trinajstić information content (AvgIpc) is 2.54. The van der Waals surface area contributed by atoms with Crippen molar-refractivity contribution in [3.63, 3.8) is 0 Å². The van der Waals surface area contributed by atoms with Crippen molar-refractivity contribution in [2.45, 2.75) is 0 Å². The van der Waals surface area contributed by atoms with E-state index in [0.29, 0.717) is 28.0 Å². The van der Waals surface area contributed by atoms with Gasteiger partial charge >= 0.3 is 0 Å². The van der Waals surface area contributed by atoms with Crippen LogP contribution in [-0.4, -0.2) is 17.0 Å². The normalized spacial score (nSPS) is 10.5. The summed E-state index contributed by atoms with van der Waals surface area (Å²) >= 11 is 0. The number of nitrogens with zero attached hydrogens (tertiary/aromatic N) is 2. The molecule has 23 heavy (non-hydrogen) atoms. The van der Waals surface area contributed by atoms with E-state index in [2.05, 4.69) is 10.3 Å². The van der Waals surface area contributed by atoms with Gasteiger partial charge in [0, 0.05) is 30.1 Å². The molecule has 116 valence electrons. The third-order valence-electron chi connectivity index (χ3n) is 3.33. The number of nitro benzene ring substituents is 1. The van der Waals surface area contributed by atoms with Crippen LogP contribution in [0.5, 0.6) is 5.75 Å². The Hall–Kier alpha value is -3.22. The van der Waals surface area contributed by atoms with Crippen LogP contribution in [0.4, 0.5) is 21.5 Å². The number of hydrogen-bond acceptors (Lipinski definition) is 5. The van der Waals surface area contributed by atoms with Gasteiger partial charge < -0.3 is 10.1 Å². The van der Waals surface area contributed by atoms with Crippen LogP contribution in [0.2, 0.25) is 0 Å². The van der Waals surface area contributed by atoms with E-state index in [9.17, 15) is 14.5 Å². The van der Waals surface area contributed by atoms with Gasteiger partial charge in [0.2, 0.25) is 0 Å². The van der Waals surface area contributed by atoms with E-state index >= 15 is 0 Å². The standard InChI is InChI=1S/C16H12FN3O3/c1-23-12-8-10(17)7-11(9-12)19-14-4-5-15(20(21)22)13-3-2-6-18-16(13)14/h2-9,19H,1H3. The first-order valence-corrected chi connectivity index (χ1v) is 6.72. The highest BCUT2D eigenvalue weighted by Gasteiger charge is 2.15. The second kappa shape index (κ2) is 5.88. The van der Waals surface area contributed by atoms with Gasteiger partial charge in [0.25, 0.3) is 5.69 Å². The molecule has 7 heteroatoms. The Labute approximate surface area is 130 Å². The molecule has 0 radical (unpaired) electrons. The van der Waals surface area contributed by atoms with Gasteiger partial charge in [0.15, 0.2) is 0 Å². The molecule has 0 amide bonds. The number of halogens is 1. The highest BCUT2D eigenvalue weighted by atomic mass is 19.1. The molecule has 3 rings (SSSR count). The lowest BCUT2D eigenvalue weighted by Crippen LogP contribution is -1.97. The molecule has 0 saturated heterocycles. The number of non-ortho nitro benzene ring substituents is 1. The van der Waals surface area contributed by atoms with Crippen molar-refractivity contribution < 1.29 is 14.1 Å². The average molecular weight is 313 g/mol. The number of aromatic nitrogens is 1. The van der Waals surface area contributed by atoms with E-state index in [1.54, 1.807) is 30.5 Å². The zero-order chi connectivity index (χ0) is 16.4. The summed E-state index contributed by atoms with van der Waals surface area (Å²) in [6, 6.07) is 10.4. The van der Waals surface area contributed by atoms with Crippen LogP contribution in [-0.2, 0) is 0 Å². The van der Waals surface area contributed by atoms with Crippen LogP contribution >= 0.6 is 0 Å². The van der Waals surface area contributed by atoms with Crippen molar-refractivity contribution in [1.82, 2.24) is 4.98 Å². The largest absolute Gasteiger partial charge is 0.497 e. The van der Waals surface area contributed by atoms with Crippen LogP contribution in [0.3, 0.4) is 0 Å². The maximum atomic E-state index is 13.6. The summed E-state index contributed by atoms with van der Waals surface area (Å²) in [5, 5.41) is 14.5. The Morgan fingerprint density at radius 2 is 2.09 bits per heavy atom. The number of pyridine rings is 1. The third kappa shape index (κ3) is 2.89. The summed E-state index contributed by atoms with van der Waals surface area (Å²) in [6.45, 7) is 0. The van der Waals surface area contributed by atoms with Crippen LogP contribution in [0.15, 0.2) is 48.7 Å². The number of hydrogen-bond donors (Lipinski definition) is 1. The first-order chi connectivity index (χ1) is 11.1. The molecule has 0 saturated carbocycles. The molecule has 0 unspecified atom stereocenters. The minimum Gasteiger partial charge on any atom is -0.497 e. The minimum atomic E-state index is -0.459. The molecule has 0 atom stereocenters. The molecule has 0 aliphatic rings. The van der Waals surface area contributed by atoms with Crippen molar-refractivity contribution in [3.8, 4) is 5.75 Å². The van der Waals surface area contributed by atoms with Crippen LogP contribution in [0.25, 0.3) is 10.9 Å². The van der Waals surface area contributed by atoms with Gasteiger partial charge in [-0.3, -0.25) is 15.1 Å². The van der Waals surface area contributed by atoms with Crippen molar-refractivity contribution >= 4 is 28.0 Å². The summed E-state index contributed by atoms with van der Waals surface area (Å²) in [7, 11) is 1.45. The highest BCUT2D eigenvalue weighted by Crippen LogP contribution is 2.32. The number of ether oxygens (including phenoxy) is 1. The topological polar surface area (TPSA) is 77.3 Å². The van der Waals surface area contributed by atoms with Gasteiger partial charge in [0.1, 0.15) is 17.1 Å². The van der Waals surface area contributed by atoms with E-state index < -0.39 is 10.7 Å². The number of anilines is 2. The lowest BCUT2D eigenvalue weighted by molar-refractivity contribution is -0.383. The quantitative estimate of drug-likeness (QED) is 0.581. The van der Waals surface area contributed by atoms with E-state index in [4.69, 9.17) is 4.74 Å². The van der Waals surface area contributed by atoms with Crippen molar-refractivity contribution in [2.75, 3.05) is 12.4 Å². The van der Waals surface area contributed by atoms with Gasteiger partial charge in [-0.1, -0.05) is 0 Å². The molecule has 1 heterocycles. The van der Waals surface area contributed by atoms with Gasteiger partial charge in [-0.25, -0.2) is 4.39 Å². The lowest BCUT2D eigenvalue weighted by Gasteiger charge is -2.11. The van der Waals surface area contributed by atoms with Gasteiger partial charge in [-0.05, 0) is 24.3 Å². The summed E-state index contributed by atoms with van der Waals surface area (Å²) in [5.41, 5.74) is 1.40. The molecule has 0 spiro atoms. The summed E-state index contributed by atoms with van der Waals surface area (Å²) < 4.78 is 18.6. The molecule has 0 bridgehead atoms. The molecular weight excluding hydrogens is 301 g/mol. The summed E-state index contributed by atoms with van der Waals surface area (Å²) in [5.74, 6) is -0.0855. The van der Waals surface area contributed by atoms with Gasteiger partial charge in [-0.2, -0.15) is 0 Å². The second-order valence-electron chi connectivity index (χ2n) is 4.79. The first kappa shape index (κ1) is 14.7. The van der Waals surface area contributed by atoms with Crippen molar-refractivity contribution in [3.05, 3.63) is 64.6 Å². The van der Waals surface area contributed by atoms with E-state index in [1.165, 1.54) is 25.3 Å². The Morgan fingerprint density at radius 3 is 2.83 bits per heavy atom.